The van der Waals surface area contributed by atoms with Crippen molar-refractivity contribution in [1.29, 1.82) is 0 Å². The molecule has 2 rings (SSSR count). The summed E-state index contributed by atoms with van der Waals surface area (Å²) < 4.78 is 10.4. The first kappa shape index (κ1) is 13.9. The van der Waals surface area contributed by atoms with Crippen LogP contribution in [0.4, 0.5) is 0 Å². The van der Waals surface area contributed by atoms with Crippen molar-refractivity contribution in [2.24, 2.45) is 0 Å². The lowest BCUT2D eigenvalue weighted by atomic mass is 10.1. The fourth-order valence-corrected chi connectivity index (χ4v) is 2.42. The minimum Gasteiger partial charge on any atom is -0.497 e. The van der Waals surface area contributed by atoms with E-state index in [1.165, 1.54) is 32.4 Å². The van der Waals surface area contributed by atoms with Gasteiger partial charge in [-0.2, -0.15) is 0 Å². The Hall–Kier alpha value is -1.55. The van der Waals surface area contributed by atoms with Crippen LogP contribution in [-0.2, 0) is 4.74 Å². The number of carbonyl (C=O) groups is 1. The topological polar surface area (TPSA) is 40.0 Å². The standard InChI is InChI=1S/C15H21NO3/c1-18-14-7-5-6-13(12-14)15(17)19-11-10-16-8-3-2-4-9-16/h5-7,12H,2-4,8-11H2,1H3/p+1. The van der Waals surface area contributed by atoms with E-state index in [9.17, 15) is 4.79 Å². The summed E-state index contributed by atoms with van der Waals surface area (Å²) in [4.78, 5) is 13.4. The largest absolute Gasteiger partial charge is 0.497 e. The second-order valence-electron chi connectivity index (χ2n) is 4.93. The van der Waals surface area contributed by atoms with Gasteiger partial charge in [0.05, 0.1) is 25.8 Å². The molecule has 1 aliphatic heterocycles. The third-order valence-electron chi connectivity index (χ3n) is 3.55. The predicted octanol–water partition coefficient (Wildman–Crippen LogP) is 0.921. The van der Waals surface area contributed by atoms with Gasteiger partial charge in [-0.05, 0) is 37.5 Å². The first-order valence-corrected chi connectivity index (χ1v) is 6.94. The Kier molecular flexibility index (Phi) is 5.21. The van der Waals surface area contributed by atoms with Crippen LogP contribution >= 0.6 is 0 Å². The number of piperidine rings is 1. The van der Waals surface area contributed by atoms with Crippen molar-refractivity contribution in [3.05, 3.63) is 29.8 Å². The SMILES string of the molecule is COc1cccc(C(=O)OCC[NH+]2CCCCC2)c1. The van der Waals surface area contributed by atoms with Crippen molar-refractivity contribution >= 4 is 5.97 Å². The number of hydrogen-bond donors (Lipinski definition) is 1. The molecule has 0 amide bonds. The van der Waals surface area contributed by atoms with Gasteiger partial charge in [0.25, 0.3) is 0 Å². The van der Waals surface area contributed by atoms with E-state index in [4.69, 9.17) is 9.47 Å². The Morgan fingerprint density at radius 3 is 2.79 bits per heavy atom. The molecular formula is C15H22NO3+. The summed E-state index contributed by atoms with van der Waals surface area (Å²) >= 11 is 0. The first-order valence-electron chi connectivity index (χ1n) is 6.94. The van der Waals surface area contributed by atoms with Crippen molar-refractivity contribution in [1.82, 2.24) is 0 Å². The molecule has 1 aromatic rings. The number of quaternary nitrogens is 1. The molecule has 1 aliphatic rings. The van der Waals surface area contributed by atoms with Gasteiger partial charge in [0.2, 0.25) is 0 Å². The zero-order valence-electron chi connectivity index (χ0n) is 11.5. The van der Waals surface area contributed by atoms with Crippen molar-refractivity contribution in [2.45, 2.75) is 19.3 Å². The van der Waals surface area contributed by atoms with Crippen LogP contribution < -0.4 is 9.64 Å². The van der Waals surface area contributed by atoms with E-state index in [-0.39, 0.29) is 5.97 Å². The minimum absolute atomic E-state index is 0.268. The fraction of sp³-hybridized carbons (Fsp3) is 0.533. The Bertz CT molecular complexity index is 414. The van der Waals surface area contributed by atoms with Crippen LogP contribution in [0.15, 0.2) is 24.3 Å². The van der Waals surface area contributed by atoms with Gasteiger partial charge >= 0.3 is 5.97 Å². The monoisotopic (exact) mass is 264 g/mol. The van der Waals surface area contributed by atoms with Crippen molar-refractivity contribution in [3.8, 4) is 5.75 Å². The summed E-state index contributed by atoms with van der Waals surface area (Å²) in [5, 5.41) is 0. The van der Waals surface area contributed by atoms with Crippen LogP contribution in [0, 0.1) is 0 Å². The minimum atomic E-state index is -0.268. The van der Waals surface area contributed by atoms with Crippen molar-refractivity contribution in [3.63, 3.8) is 0 Å². The molecule has 0 spiro atoms. The normalized spacial score (nSPS) is 16.1. The van der Waals surface area contributed by atoms with E-state index in [1.807, 2.05) is 6.07 Å². The van der Waals surface area contributed by atoms with Gasteiger partial charge in [-0.15, -0.1) is 0 Å². The number of nitrogens with one attached hydrogen (secondary N) is 1. The molecule has 1 aromatic carbocycles. The molecule has 0 saturated carbocycles. The number of methoxy groups -OCH3 is 1. The van der Waals surface area contributed by atoms with Crippen LogP contribution in [0.3, 0.4) is 0 Å². The smallest absolute Gasteiger partial charge is 0.338 e. The van der Waals surface area contributed by atoms with Crippen LogP contribution in [0.1, 0.15) is 29.6 Å². The third-order valence-corrected chi connectivity index (χ3v) is 3.55. The first-order chi connectivity index (χ1) is 9.29. The number of likely N-dealkylation sites (tertiary alicyclic amines) is 1. The fourth-order valence-electron chi connectivity index (χ4n) is 2.42. The highest BCUT2D eigenvalue weighted by Gasteiger charge is 2.14. The van der Waals surface area contributed by atoms with Gasteiger partial charge in [0, 0.05) is 0 Å². The average molecular weight is 264 g/mol. The van der Waals surface area contributed by atoms with Gasteiger partial charge in [-0.3, -0.25) is 0 Å². The van der Waals surface area contributed by atoms with Gasteiger partial charge in [-0.25, -0.2) is 4.79 Å². The number of carbonyl (C=O) groups excluding carboxylic acids is 1. The predicted molar refractivity (Wildman–Crippen MR) is 72.7 cm³/mol. The molecule has 1 saturated heterocycles. The van der Waals surface area contributed by atoms with Crippen LogP contribution in [0.25, 0.3) is 0 Å². The maximum absolute atomic E-state index is 11.9. The van der Waals surface area contributed by atoms with E-state index in [0.717, 1.165) is 6.54 Å². The molecule has 19 heavy (non-hydrogen) atoms. The maximum atomic E-state index is 11.9. The van der Waals surface area contributed by atoms with E-state index in [2.05, 4.69) is 0 Å². The number of rotatable bonds is 5. The van der Waals surface area contributed by atoms with Crippen LogP contribution in [0.5, 0.6) is 5.75 Å². The Morgan fingerprint density at radius 1 is 1.26 bits per heavy atom. The van der Waals surface area contributed by atoms with E-state index in [0.29, 0.717) is 17.9 Å². The van der Waals surface area contributed by atoms with E-state index in [1.54, 1.807) is 30.2 Å². The molecule has 0 unspecified atom stereocenters. The summed E-state index contributed by atoms with van der Waals surface area (Å²) in [6.07, 6.45) is 3.92. The van der Waals surface area contributed by atoms with Gasteiger partial charge < -0.3 is 14.4 Å². The summed E-state index contributed by atoms with van der Waals surface area (Å²) in [7, 11) is 1.59. The quantitative estimate of drug-likeness (QED) is 0.804. The van der Waals surface area contributed by atoms with Gasteiger partial charge in [0.15, 0.2) is 0 Å². The maximum Gasteiger partial charge on any atom is 0.338 e. The zero-order chi connectivity index (χ0) is 13.5. The molecule has 1 fully saturated rings. The molecule has 4 heteroatoms. The van der Waals surface area contributed by atoms with Gasteiger partial charge in [0.1, 0.15) is 18.9 Å². The Labute approximate surface area is 114 Å². The van der Waals surface area contributed by atoms with E-state index >= 15 is 0 Å². The molecular weight excluding hydrogens is 242 g/mol. The molecule has 0 bridgehead atoms. The summed E-state index contributed by atoms with van der Waals surface area (Å²) in [5.41, 5.74) is 0.549. The molecule has 104 valence electrons. The summed E-state index contributed by atoms with van der Waals surface area (Å²) in [5.74, 6) is 0.409. The van der Waals surface area contributed by atoms with Crippen molar-refractivity contribution < 1.29 is 19.2 Å². The molecule has 1 N–H and O–H groups in total. The molecule has 1 heterocycles. The number of esters is 1. The molecule has 0 radical (unpaired) electrons. The van der Waals surface area contributed by atoms with Gasteiger partial charge in [-0.1, -0.05) is 6.07 Å². The number of ether oxygens (including phenoxy) is 2. The average Bonchev–Trinajstić information content (AvgIpc) is 2.48. The Morgan fingerprint density at radius 2 is 2.05 bits per heavy atom. The van der Waals surface area contributed by atoms with Crippen LogP contribution in [0.2, 0.25) is 0 Å². The highest BCUT2D eigenvalue weighted by molar-refractivity contribution is 5.89. The molecule has 0 aliphatic carbocycles. The van der Waals surface area contributed by atoms with Crippen molar-refractivity contribution in [2.75, 3.05) is 33.4 Å². The Balaban J connectivity index is 1.77. The summed E-state index contributed by atoms with van der Waals surface area (Å²) in [6, 6.07) is 7.06. The number of benzene rings is 1. The highest BCUT2D eigenvalue weighted by atomic mass is 16.5. The molecule has 0 aromatic heterocycles. The number of hydrogen-bond acceptors (Lipinski definition) is 3. The second-order valence-corrected chi connectivity index (χ2v) is 4.93. The lowest BCUT2D eigenvalue weighted by Gasteiger charge is -2.23. The lowest BCUT2D eigenvalue weighted by molar-refractivity contribution is -0.905. The molecule has 4 nitrogen and oxygen atoms in total. The lowest BCUT2D eigenvalue weighted by Crippen LogP contribution is -3.13. The van der Waals surface area contributed by atoms with E-state index < -0.39 is 0 Å². The second kappa shape index (κ2) is 7.14. The third kappa shape index (κ3) is 4.24. The zero-order valence-corrected chi connectivity index (χ0v) is 11.5. The molecule has 0 atom stereocenters. The highest BCUT2D eigenvalue weighted by Crippen LogP contribution is 2.13. The van der Waals surface area contributed by atoms with Crippen LogP contribution in [-0.4, -0.2) is 39.3 Å². The summed E-state index contributed by atoms with van der Waals surface area (Å²) in [6.45, 7) is 3.81.